The first kappa shape index (κ1) is 15.2. The molecule has 2 aromatic heterocycles. The van der Waals surface area contributed by atoms with Crippen molar-refractivity contribution in [1.29, 1.82) is 0 Å². The highest BCUT2D eigenvalue weighted by Crippen LogP contribution is 2.27. The van der Waals surface area contributed by atoms with Gasteiger partial charge in [0, 0.05) is 17.2 Å². The summed E-state index contributed by atoms with van der Waals surface area (Å²) in [7, 11) is 0. The molecule has 0 radical (unpaired) electrons. The maximum Gasteiger partial charge on any atom is 0.278 e. The predicted octanol–water partition coefficient (Wildman–Crippen LogP) is 3.76. The molecule has 2 aromatic rings. The van der Waals surface area contributed by atoms with E-state index in [-0.39, 0.29) is 11.6 Å². The molecule has 8 heteroatoms. The lowest BCUT2D eigenvalue weighted by atomic mass is 10.3. The van der Waals surface area contributed by atoms with E-state index in [1.165, 1.54) is 18.3 Å². The van der Waals surface area contributed by atoms with Crippen LogP contribution in [0, 0.1) is 10.1 Å². The molecule has 0 aliphatic carbocycles. The minimum absolute atomic E-state index is 0.0819. The number of ether oxygens (including phenoxy) is 1. The summed E-state index contributed by atoms with van der Waals surface area (Å²) < 4.78 is 6.27. The summed E-state index contributed by atoms with van der Waals surface area (Å²) in [5, 5.41) is 14.0. The zero-order chi connectivity index (χ0) is 15.2. The smallest absolute Gasteiger partial charge is 0.278 e. The molecule has 2 heterocycles. The standard InChI is InChI=1S/C13H13BrN4O3/c1-2-3-16-12-5-10(18(19)20)6-13(17-12)21-11-4-9(14)7-15-8-11/h4-8H,2-3H2,1H3,(H,16,17). The second-order valence-electron chi connectivity index (χ2n) is 4.17. The summed E-state index contributed by atoms with van der Waals surface area (Å²) in [6.45, 7) is 2.67. The van der Waals surface area contributed by atoms with Gasteiger partial charge in [0.25, 0.3) is 5.69 Å². The highest BCUT2D eigenvalue weighted by molar-refractivity contribution is 9.10. The van der Waals surface area contributed by atoms with Crippen LogP contribution >= 0.6 is 15.9 Å². The summed E-state index contributed by atoms with van der Waals surface area (Å²) in [4.78, 5) is 18.6. The van der Waals surface area contributed by atoms with Crippen LogP contribution in [0.25, 0.3) is 0 Å². The number of nitrogens with zero attached hydrogens (tertiary/aromatic N) is 3. The molecule has 0 saturated heterocycles. The molecular weight excluding hydrogens is 340 g/mol. The average molecular weight is 353 g/mol. The van der Waals surface area contributed by atoms with Crippen molar-refractivity contribution < 1.29 is 9.66 Å². The average Bonchev–Trinajstić information content (AvgIpc) is 2.45. The molecule has 0 aromatic carbocycles. The highest BCUT2D eigenvalue weighted by atomic mass is 79.9. The van der Waals surface area contributed by atoms with Gasteiger partial charge in [-0.25, -0.2) is 0 Å². The van der Waals surface area contributed by atoms with Gasteiger partial charge >= 0.3 is 0 Å². The third kappa shape index (κ3) is 4.38. The topological polar surface area (TPSA) is 90.2 Å². The first-order valence-electron chi connectivity index (χ1n) is 6.27. The third-order valence-electron chi connectivity index (χ3n) is 2.46. The second kappa shape index (κ2) is 6.98. The lowest BCUT2D eigenvalue weighted by Crippen LogP contribution is -2.03. The molecule has 0 atom stereocenters. The first-order chi connectivity index (χ1) is 10.1. The monoisotopic (exact) mass is 352 g/mol. The number of nitro groups is 1. The maximum absolute atomic E-state index is 11.0. The molecule has 0 aliphatic rings. The van der Waals surface area contributed by atoms with Crippen LogP contribution < -0.4 is 10.1 Å². The van der Waals surface area contributed by atoms with E-state index in [1.54, 1.807) is 12.3 Å². The third-order valence-corrected chi connectivity index (χ3v) is 2.89. The van der Waals surface area contributed by atoms with E-state index in [4.69, 9.17) is 4.74 Å². The predicted molar refractivity (Wildman–Crippen MR) is 81.7 cm³/mol. The van der Waals surface area contributed by atoms with E-state index >= 15 is 0 Å². The van der Waals surface area contributed by atoms with Gasteiger partial charge in [-0.15, -0.1) is 0 Å². The molecule has 0 spiro atoms. The molecular formula is C13H13BrN4O3. The van der Waals surface area contributed by atoms with Gasteiger partial charge < -0.3 is 10.1 Å². The normalized spacial score (nSPS) is 10.2. The Labute approximate surface area is 129 Å². The quantitative estimate of drug-likeness (QED) is 0.628. The Morgan fingerprint density at radius 2 is 2.19 bits per heavy atom. The van der Waals surface area contributed by atoms with Crippen LogP contribution in [0.1, 0.15) is 13.3 Å². The Hall–Kier alpha value is -2.22. The molecule has 0 bridgehead atoms. The second-order valence-corrected chi connectivity index (χ2v) is 5.09. The summed E-state index contributed by atoms with van der Waals surface area (Å²) in [6, 6.07) is 4.35. The van der Waals surface area contributed by atoms with Crippen LogP contribution in [0.5, 0.6) is 11.6 Å². The van der Waals surface area contributed by atoms with Crippen molar-refractivity contribution >= 4 is 27.4 Å². The maximum atomic E-state index is 11.0. The van der Waals surface area contributed by atoms with Crippen molar-refractivity contribution in [2.24, 2.45) is 0 Å². The van der Waals surface area contributed by atoms with Crippen LogP contribution in [0.2, 0.25) is 0 Å². The largest absolute Gasteiger partial charge is 0.437 e. The number of hydrogen-bond acceptors (Lipinski definition) is 6. The molecule has 0 aliphatic heterocycles. The minimum atomic E-state index is -0.481. The highest BCUT2D eigenvalue weighted by Gasteiger charge is 2.12. The Bertz CT molecular complexity index is 651. The molecule has 0 fully saturated rings. The van der Waals surface area contributed by atoms with Crippen LogP contribution in [-0.4, -0.2) is 21.4 Å². The zero-order valence-electron chi connectivity index (χ0n) is 11.2. The van der Waals surface area contributed by atoms with E-state index < -0.39 is 4.92 Å². The van der Waals surface area contributed by atoms with E-state index in [0.717, 1.165) is 10.9 Å². The van der Waals surface area contributed by atoms with E-state index in [2.05, 4.69) is 31.2 Å². The lowest BCUT2D eigenvalue weighted by molar-refractivity contribution is -0.384. The SMILES string of the molecule is CCCNc1cc([N+](=O)[O-])cc(Oc2cncc(Br)c2)n1. The molecule has 110 valence electrons. The Kier molecular flexibility index (Phi) is 5.04. The van der Waals surface area contributed by atoms with Gasteiger partial charge in [0.05, 0.1) is 23.3 Å². The molecule has 0 amide bonds. The summed E-state index contributed by atoms with van der Waals surface area (Å²) >= 11 is 3.28. The van der Waals surface area contributed by atoms with Crippen molar-refractivity contribution in [3.8, 4) is 11.6 Å². The van der Waals surface area contributed by atoms with Crippen molar-refractivity contribution in [1.82, 2.24) is 9.97 Å². The molecule has 0 unspecified atom stereocenters. The van der Waals surface area contributed by atoms with E-state index in [9.17, 15) is 10.1 Å². The molecule has 0 saturated carbocycles. The summed E-state index contributed by atoms with van der Waals surface area (Å²) in [5.74, 6) is 0.991. The van der Waals surface area contributed by atoms with Crippen LogP contribution in [0.3, 0.4) is 0 Å². The fourth-order valence-corrected chi connectivity index (χ4v) is 1.91. The minimum Gasteiger partial charge on any atom is -0.437 e. The van der Waals surface area contributed by atoms with E-state index in [1.807, 2.05) is 6.92 Å². The first-order valence-corrected chi connectivity index (χ1v) is 7.06. The van der Waals surface area contributed by atoms with Gasteiger partial charge in [0.1, 0.15) is 11.6 Å². The number of halogens is 1. The van der Waals surface area contributed by atoms with Gasteiger partial charge in [-0.2, -0.15) is 4.98 Å². The summed E-state index contributed by atoms with van der Waals surface area (Å²) in [5.41, 5.74) is -0.0819. The van der Waals surface area contributed by atoms with Gasteiger partial charge in [-0.1, -0.05) is 6.92 Å². The number of hydrogen-bond donors (Lipinski definition) is 1. The molecule has 2 rings (SSSR count). The summed E-state index contributed by atoms with van der Waals surface area (Å²) in [6.07, 6.45) is 4.00. The van der Waals surface area contributed by atoms with Crippen molar-refractivity contribution in [2.75, 3.05) is 11.9 Å². The number of anilines is 1. The van der Waals surface area contributed by atoms with Gasteiger partial charge in [-0.05, 0) is 28.4 Å². The van der Waals surface area contributed by atoms with Crippen LogP contribution in [-0.2, 0) is 0 Å². The molecule has 1 N–H and O–H groups in total. The van der Waals surface area contributed by atoms with Crippen LogP contribution in [0.15, 0.2) is 35.1 Å². The lowest BCUT2D eigenvalue weighted by Gasteiger charge is -2.08. The fraction of sp³-hybridized carbons (Fsp3) is 0.231. The van der Waals surface area contributed by atoms with E-state index in [0.29, 0.717) is 18.1 Å². The van der Waals surface area contributed by atoms with Gasteiger partial charge in [-0.3, -0.25) is 15.1 Å². The number of aromatic nitrogens is 2. The molecule has 21 heavy (non-hydrogen) atoms. The number of rotatable bonds is 6. The Morgan fingerprint density at radius 3 is 2.86 bits per heavy atom. The number of nitrogens with one attached hydrogen (secondary N) is 1. The van der Waals surface area contributed by atoms with Crippen molar-refractivity contribution in [2.45, 2.75) is 13.3 Å². The van der Waals surface area contributed by atoms with Crippen LogP contribution in [0.4, 0.5) is 11.5 Å². The van der Waals surface area contributed by atoms with Gasteiger partial charge in [0.15, 0.2) is 0 Å². The van der Waals surface area contributed by atoms with Crippen molar-refractivity contribution in [3.63, 3.8) is 0 Å². The van der Waals surface area contributed by atoms with Crippen molar-refractivity contribution in [3.05, 3.63) is 45.2 Å². The Balaban J connectivity index is 2.28. The zero-order valence-corrected chi connectivity index (χ0v) is 12.8. The molecule has 7 nitrogen and oxygen atoms in total. The van der Waals surface area contributed by atoms with Gasteiger partial charge in [0.2, 0.25) is 5.88 Å². The number of pyridine rings is 2. The fourth-order valence-electron chi connectivity index (χ4n) is 1.56. The Morgan fingerprint density at radius 1 is 1.38 bits per heavy atom.